The molecule has 1 fully saturated rings. The monoisotopic (exact) mass is 440 g/mol. The third kappa shape index (κ3) is 5.03. The van der Waals surface area contributed by atoms with Crippen molar-refractivity contribution in [3.05, 3.63) is 58.8 Å². The van der Waals surface area contributed by atoms with Crippen LogP contribution in [0.5, 0.6) is 11.5 Å². The number of nitrogens with zero attached hydrogens (tertiary/aromatic N) is 1. The van der Waals surface area contributed by atoms with Crippen LogP contribution in [0.4, 0.5) is 5.69 Å². The molecular weight excluding hydrogens is 416 g/mol. The van der Waals surface area contributed by atoms with Crippen LogP contribution in [0.1, 0.15) is 23.6 Å². The summed E-state index contributed by atoms with van der Waals surface area (Å²) in [5.41, 5.74) is 4.01. The van der Waals surface area contributed by atoms with Crippen molar-refractivity contribution in [2.24, 2.45) is 0 Å². The number of aryl methyl sites for hydroxylation is 2. The number of anilines is 1. The number of hydrogen-bond donors (Lipinski definition) is 1. The second kappa shape index (κ2) is 9.61. The van der Waals surface area contributed by atoms with Crippen molar-refractivity contribution in [3.63, 3.8) is 0 Å². The summed E-state index contributed by atoms with van der Waals surface area (Å²) in [4.78, 5) is 25.8. The summed E-state index contributed by atoms with van der Waals surface area (Å²) in [5.74, 6) is 0.138. The van der Waals surface area contributed by atoms with E-state index < -0.39 is 5.97 Å². The Labute approximate surface area is 186 Å². The number of carbonyl (C=O) groups excluding carboxylic acids is 2. The number of nitrogens with one attached hydrogen (secondary N) is 1. The number of amides is 1. The Kier molecular flexibility index (Phi) is 6.91. The maximum absolute atomic E-state index is 13.0. The molecule has 31 heavy (non-hydrogen) atoms. The minimum atomic E-state index is -0.491. The van der Waals surface area contributed by atoms with E-state index in [4.69, 9.17) is 21.7 Å². The third-order valence-electron chi connectivity index (χ3n) is 4.78. The smallest absolute Gasteiger partial charge is 0.343 e. The van der Waals surface area contributed by atoms with Crippen LogP contribution in [0.15, 0.2) is 42.1 Å². The molecule has 0 unspecified atom stereocenters. The summed E-state index contributed by atoms with van der Waals surface area (Å²) >= 11 is 5.39. The zero-order valence-corrected chi connectivity index (χ0v) is 18.7. The molecule has 3 rings (SSSR count). The van der Waals surface area contributed by atoms with E-state index in [1.54, 1.807) is 24.3 Å². The first-order valence-electron chi connectivity index (χ1n) is 9.75. The van der Waals surface area contributed by atoms with Crippen molar-refractivity contribution in [2.45, 2.75) is 20.8 Å². The van der Waals surface area contributed by atoms with E-state index in [2.05, 4.69) is 10.1 Å². The van der Waals surface area contributed by atoms with E-state index in [-0.39, 0.29) is 12.5 Å². The number of methoxy groups -OCH3 is 1. The summed E-state index contributed by atoms with van der Waals surface area (Å²) in [7, 11) is 1.29. The summed E-state index contributed by atoms with van der Waals surface area (Å²) in [6.07, 6.45) is 1.70. The van der Waals surface area contributed by atoms with Gasteiger partial charge in [-0.1, -0.05) is 12.1 Å². The van der Waals surface area contributed by atoms with Gasteiger partial charge in [-0.05, 0) is 80.0 Å². The van der Waals surface area contributed by atoms with Crippen molar-refractivity contribution in [2.75, 3.05) is 25.2 Å². The predicted molar refractivity (Wildman–Crippen MR) is 122 cm³/mol. The second-order valence-electron chi connectivity index (χ2n) is 6.90. The van der Waals surface area contributed by atoms with Crippen LogP contribution in [-0.2, 0) is 14.3 Å². The van der Waals surface area contributed by atoms with Gasteiger partial charge in [0.1, 0.15) is 5.70 Å². The Bertz CT molecular complexity index is 1060. The molecule has 1 aliphatic heterocycles. The molecule has 1 aliphatic rings. The molecule has 2 aromatic carbocycles. The Balaban J connectivity index is 1.86. The molecule has 162 valence electrons. The van der Waals surface area contributed by atoms with Crippen molar-refractivity contribution in [1.82, 2.24) is 5.32 Å². The average Bonchev–Trinajstić information content (AvgIpc) is 3.02. The van der Waals surface area contributed by atoms with E-state index in [0.717, 1.165) is 22.4 Å². The number of thiocarbonyl (C=S) groups is 1. The SMILES string of the molecule is CCOc1cc(/C=C2/NC(=S)N(c3ccc(C)c(C)c3)C2=O)ccc1OCC(=O)OC. The molecule has 8 heteroatoms. The molecular formula is C23H24N2O5S. The van der Waals surface area contributed by atoms with Crippen LogP contribution in [0.3, 0.4) is 0 Å². The number of ether oxygens (including phenoxy) is 3. The average molecular weight is 441 g/mol. The van der Waals surface area contributed by atoms with Crippen molar-refractivity contribution in [3.8, 4) is 11.5 Å². The highest BCUT2D eigenvalue weighted by Gasteiger charge is 2.32. The lowest BCUT2D eigenvalue weighted by molar-refractivity contribution is -0.142. The largest absolute Gasteiger partial charge is 0.490 e. The minimum absolute atomic E-state index is 0.226. The van der Waals surface area contributed by atoms with Crippen molar-refractivity contribution >= 4 is 41.0 Å². The van der Waals surface area contributed by atoms with E-state index in [9.17, 15) is 9.59 Å². The lowest BCUT2D eigenvalue weighted by Crippen LogP contribution is -2.30. The Hall–Kier alpha value is -3.39. The van der Waals surface area contributed by atoms with Gasteiger partial charge in [-0.3, -0.25) is 9.69 Å². The van der Waals surface area contributed by atoms with E-state index >= 15 is 0 Å². The number of carbonyl (C=O) groups is 2. The van der Waals surface area contributed by atoms with Crippen LogP contribution in [0.25, 0.3) is 6.08 Å². The molecule has 0 atom stereocenters. The summed E-state index contributed by atoms with van der Waals surface area (Å²) in [5, 5.41) is 3.31. The Morgan fingerprint density at radius 2 is 1.87 bits per heavy atom. The molecule has 1 N–H and O–H groups in total. The lowest BCUT2D eigenvalue weighted by Gasteiger charge is -2.15. The van der Waals surface area contributed by atoms with Gasteiger partial charge in [-0.25, -0.2) is 4.79 Å². The molecule has 1 heterocycles. The molecule has 2 aromatic rings. The fourth-order valence-corrected chi connectivity index (χ4v) is 3.30. The first kappa shape index (κ1) is 22.3. The zero-order valence-electron chi connectivity index (χ0n) is 17.9. The minimum Gasteiger partial charge on any atom is -0.490 e. The molecule has 0 spiro atoms. The van der Waals surface area contributed by atoms with Crippen LogP contribution in [-0.4, -0.2) is 37.3 Å². The molecule has 7 nitrogen and oxygen atoms in total. The lowest BCUT2D eigenvalue weighted by atomic mass is 10.1. The van der Waals surface area contributed by atoms with Crippen LogP contribution in [0.2, 0.25) is 0 Å². The number of esters is 1. The van der Waals surface area contributed by atoms with Gasteiger partial charge in [0.15, 0.2) is 23.2 Å². The zero-order chi connectivity index (χ0) is 22.5. The maximum atomic E-state index is 13.0. The van der Waals surface area contributed by atoms with Crippen LogP contribution >= 0.6 is 12.2 Å². The highest BCUT2D eigenvalue weighted by atomic mass is 32.1. The number of rotatable bonds is 7. The van der Waals surface area contributed by atoms with Crippen LogP contribution in [0, 0.1) is 13.8 Å². The van der Waals surface area contributed by atoms with Crippen molar-refractivity contribution < 1.29 is 23.8 Å². The van der Waals surface area contributed by atoms with Gasteiger partial charge >= 0.3 is 5.97 Å². The normalized spacial score (nSPS) is 14.6. The Morgan fingerprint density at radius 1 is 1.10 bits per heavy atom. The number of hydrogen-bond acceptors (Lipinski definition) is 6. The highest BCUT2D eigenvalue weighted by molar-refractivity contribution is 7.80. The first-order chi connectivity index (χ1) is 14.8. The van der Waals surface area contributed by atoms with Crippen molar-refractivity contribution in [1.29, 1.82) is 0 Å². The highest BCUT2D eigenvalue weighted by Crippen LogP contribution is 2.30. The fourth-order valence-electron chi connectivity index (χ4n) is 3.00. The van der Waals surface area contributed by atoms with Gasteiger partial charge in [-0.2, -0.15) is 0 Å². The third-order valence-corrected chi connectivity index (χ3v) is 5.06. The quantitative estimate of drug-likeness (QED) is 0.401. The molecule has 1 saturated heterocycles. The maximum Gasteiger partial charge on any atom is 0.343 e. The molecule has 0 aromatic heterocycles. The molecule has 0 bridgehead atoms. The molecule has 0 aliphatic carbocycles. The van der Waals surface area contributed by atoms with Gasteiger partial charge < -0.3 is 19.5 Å². The summed E-state index contributed by atoms with van der Waals surface area (Å²) < 4.78 is 15.7. The predicted octanol–water partition coefficient (Wildman–Crippen LogP) is 3.52. The fraction of sp³-hybridized carbons (Fsp3) is 0.261. The van der Waals surface area contributed by atoms with Gasteiger partial charge in [0.25, 0.3) is 5.91 Å². The van der Waals surface area contributed by atoms with Crippen LogP contribution < -0.4 is 19.7 Å². The second-order valence-corrected chi connectivity index (χ2v) is 7.29. The summed E-state index contributed by atoms with van der Waals surface area (Å²) in [6, 6.07) is 10.9. The number of benzene rings is 2. The van der Waals surface area contributed by atoms with Gasteiger partial charge in [0, 0.05) is 0 Å². The summed E-state index contributed by atoms with van der Waals surface area (Å²) in [6.45, 7) is 6.04. The molecule has 1 amide bonds. The Morgan fingerprint density at radius 3 is 2.55 bits per heavy atom. The van der Waals surface area contributed by atoms with E-state index in [0.29, 0.717) is 28.9 Å². The van der Waals surface area contributed by atoms with Gasteiger partial charge in [-0.15, -0.1) is 0 Å². The topological polar surface area (TPSA) is 77.1 Å². The van der Waals surface area contributed by atoms with Gasteiger partial charge in [0.05, 0.1) is 19.4 Å². The van der Waals surface area contributed by atoms with Gasteiger partial charge in [0.2, 0.25) is 0 Å². The van der Waals surface area contributed by atoms with E-state index in [1.165, 1.54) is 12.0 Å². The standard InChI is InChI=1S/C23H24N2O5S/c1-5-29-20-12-16(7-9-19(20)30-13-21(26)28-4)11-18-22(27)25(23(31)24-18)17-8-6-14(2)15(3)10-17/h6-12H,5,13H2,1-4H3,(H,24,31)/b18-11+. The van der Waals surface area contributed by atoms with E-state index in [1.807, 2.05) is 39.0 Å². The molecule has 0 saturated carbocycles. The molecule has 0 radical (unpaired) electrons. The first-order valence-corrected chi connectivity index (χ1v) is 10.2.